The van der Waals surface area contributed by atoms with Gasteiger partial charge >= 0.3 is 0 Å². The van der Waals surface area contributed by atoms with Gasteiger partial charge < -0.3 is 24.6 Å². The van der Waals surface area contributed by atoms with Crippen molar-refractivity contribution in [2.75, 3.05) is 52.3 Å². The molecule has 0 radical (unpaired) electrons. The van der Waals surface area contributed by atoms with Gasteiger partial charge in [0.05, 0.1) is 12.8 Å². The third-order valence-corrected chi connectivity index (χ3v) is 5.11. The minimum absolute atomic E-state index is 0.0181. The molecule has 2 aromatic carbocycles. The van der Waals surface area contributed by atoms with Crippen molar-refractivity contribution in [1.82, 2.24) is 9.80 Å². The number of ether oxygens (including phenoxy) is 2. The molecule has 2 amide bonds. The first-order chi connectivity index (χ1) is 15.5. The van der Waals surface area contributed by atoms with Crippen LogP contribution in [0.5, 0.6) is 11.5 Å². The number of benzene rings is 2. The summed E-state index contributed by atoms with van der Waals surface area (Å²) in [4.78, 5) is 29.3. The minimum Gasteiger partial charge on any atom is -0.495 e. The molecule has 0 aromatic heterocycles. The van der Waals surface area contributed by atoms with Crippen LogP contribution in [-0.4, -0.2) is 68.6 Å². The quantitative estimate of drug-likeness (QED) is 0.674. The summed E-state index contributed by atoms with van der Waals surface area (Å²) in [7, 11) is 3.55. The summed E-state index contributed by atoms with van der Waals surface area (Å²) < 4.78 is 10.5. The number of carbonyl (C=O) groups is 2. The predicted octanol–water partition coefficient (Wildman–Crippen LogP) is 2.64. The van der Waals surface area contributed by atoms with Crippen LogP contribution in [0.25, 0.3) is 6.08 Å². The van der Waals surface area contributed by atoms with E-state index < -0.39 is 0 Å². The average molecular weight is 434 g/mol. The van der Waals surface area contributed by atoms with Crippen molar-refractivity contribution in [3.05, 3.63) is 59.7 Å². The number of hydrogen-bond donors (Lipinski definition) is 1. The van der Waals surface area contributed by atoms with Gasteiger partial charge in [0, 0.05) is 37.8 Å². The molecule has 1 saturated heterocycles. The van der Waals surface area contributed by atoms with Gasteiger partial charge in [-0.2, -0.15) is 5.26 Å². The van der Waals surface area contributed by atoms with E-state index >= 15 is 0 Å². The molecule has 2 aromatic rings. The van der Waals surface area contributed by atoms with Gasteiger partial charge in [-0.05, 0) is 49.0 Å². The first-order valence-corrected chi connectivity index (χ1v) is 10.2. The second-order valence-electron chi connectivity index (χ2n) is 7.35. The van der Waals surface area contributed by atoms with Crippen molar-refractivity contribution in [3.63, 3.8) is 0 Å². The normalized spacial score (nSPS) is 14.1. The van der Waals surface area contributed by atoms with Gasteiger partial charge in [0.15, 0.2) is 6.61 Å². The molecular formula is C24H26N4O4. The van der Waals surface area contributed by atoms with Crippen LogP contribution < -0.4 is 14.8 Å². The molecule has 166 valence electrons. The third kappa shape index (κ3) is 6.09. The van der Waals surface area contributed by atoms with Crippen LogP contribution in [-0.2, 0) is 4.79 Å². The number of methoxy groups -OCH3 is 1. The van der Waals surface area contributed by atoms with E-state index in [-0.39, 0.29) is 18.4 Å². The molecule has 8 heteroatoms. The topological polar surface area (TPSA) is 94.9 Å². The molecule has 1 aliphatic heterocycles. The van der Waals surface area contributed by atoms with Crippen LogP contribution >= 0.6 is 0 Å². The highest BCUT2D eigenvalue weighted by atomic mass is 16.5. The summed E-state index contributed by atoms with van der Waals surface area (Å²) in [6.45, 7) is 3.00. The molecule has 1 aliphatic rings. The summed E-state index contributed by atoms with van der Waals surface area (Å²) in [5.41, 5.74) is 1.74. The highest BCUT2D eigenvalue weighted by Gasteiger charge is 2.21. The Morgan fingerprint density at radius 3 is 2.50 bits per heavy atom. The van der Waals surface area contributed by atoms with Crippen molar-refractivity contribution in [2.45, 2.75) is 0 Å². The summed E-state index contributed by atoms with van der Waals surface area (Å²) in [6.07, 6.45) is 3.06. The van der Waals surface area contributed by atoms with Crippen LogP contribution in [0.2, 0.25) is 0 Å². The molecule has 8 nitrogen and oxygen atoms in total. The molecule has 1 fully saturated rings. The van der Waals surface area contributed by atoms with Crippen LogP contribution in [0.4, 0.5) is 5.69 Å². The smallest absolute Gasteiger partial charge is 0.254 e. The van der Waals surface area contributed by atoms with Crippen molar-refractivity contribution in [2.24, 2.45) is 0 Å². The second kappa shape index (κ2) is 11.0. The summed E-state index contributed by atoms with van der Waals surface area (Å²) in [6, 6.07) is 14.0. The van der Waals surface area contributed by atoms with Crippen LogP contribution in [0.15, 0.2) is 48.5 Å². The average Bonchev–Trinajstić information content (AvgIpc) is 2.82. The standard InChI is InChI=1S/C24H26N4O4/c1-27-12-14-28(15-13-27)24(30)19-6-9-22(31-2)21(17-19)26-23(29)10-5-18-3-7-20(8-4-18)32-16-11-25/h3-10,17H,12-16H2,1-2H3,(H,26,29)/b10-5+. The molecule has 0 unspecified atom stereocenters. The van der Waals surface area contributed by atoms with E-state index in [4.69, 9.17) is 14.7 Å². The Balaban J connectivity index is 1.67. The van der Waals surface area contributed by atoms with E-state index in [1.807, 2.05) is 18.0 Å². The zero-order valence-electron chi connectivity index (χ0n) is 18.2. The molecule has 0 saturated carbocycles. The number of likely N-dealkylation sites (N-methyl/N-ethyl adjacent to an activating group) is 1. The van der Waals surface area contributed by atoms with Gasteiger partial charge in [0.1, 0.15) is 17.6 Å². The number of hydrogen-bond acceptors (Lipinski definition) is 6. The van der Waals surface area contributed by atoms with Crippen LogP contribution in [0.3, 0.4) is 0 Å². The molecule has 0 spiro atoms. The maximum Gasteiger partial charge on any atom is 0.254 e. The van der Waals surface area contributed by atoms with Gasteiger partial charge in [-0.1, -0.05) is 12.1 Å². The van der Waals surface area contributed by atoms with Crippen molar-refractivity contribution >= 4 is 23.6 Å². The minimum atomic E-state index is -0.350. The fraction of sp³-hybridized carbons (Fsp3) is 0.292. The third-order valence-electron chi connectivity index (χ3n) is 5.11. The summed E-state index contributed by atoms with van der Waals surface area (Å²) in [5.74, 6) is 0.642. The molecule has 32 heavy (non-hydrogen) atoms. The number of piperazine rings is 1. The predicted molar refractivity (Wildman–Crippen MR) is 122 cm³/mol. The second-order valence-corrected chi connectivity index (χ2v) is 7.35. The number of nitrogens with one attached hydrogen (secondary N) is 1. The number of anilines is 1. The lowest BCUT2D eigenvalue weighted by Crippen LogP contribution is -2.47. The highest BCUT2D eigenvalue weighted by Crippen LogP contribution is 2.26. The van der Waals surface area contributed by atoms with Crippen LogP contribution in [0.1, 0.15) is 15.9 Å². The molecule has 0 atom stereocenters. The zero-order chi connectivity index (χ0) is 22.9. The fourth-order valence-corrected chi connectivity index (χ4v) is 3.27. The number of nitriles is 1. The maximum absolute atomic E-state index is 12.9. The summed E-state index contributed by atoms with van der Waals surface area (Å²) in [5, 5.41) is 11.3. The number of carbonyl (C=O) groups excluding carboxylic acids is 2. The first-order valence-electron chi connectivity index (χ1n) is 10.2. The molecule has 0 aliphatic carbocycles. The van der Waals surface area contributed by atoms with E-state index in [0.717, 1.165) is 18.7 Å². The Kier molecular flexibility index (Phi) is 7.84. The SMILES string of the molecule is COc1ccc(C(=O)N2CCN(C)CC2)cc1NC(=O)/C=C/c1ccc(OCC#N)cc1. The molecule has 0 bridgehead atoms. The van der Waals surface area contributed by atoms with Crippen LogP contribution in [0, 0.1) is 11.3 Å². The molecular weight excluding hydrogens is 408 g/mol. The Bertz CT molecular complexity index is 1020. The largest absolute Gasteiger partial charge is 0.495 e. The molecule has 1 heterocycles. The van der Waals surface area contributed by atoms with E-state index in [2.05, 4.69) is 10.2 Å². The number of rotatable bonds is 7. The van der Waals surface area contributed by atoms with Crippen molar-refractivity contribution in [1.29, 1.82) is 5.26 Å². The lowest BCUT2D eigenvalue weighted by atomic mass is 10.1. The van der Waals surface area contributed by atoms with Gasteiger partial charge in [0.25, 0.3) is 5.91 Å². The maximum atomic E-state index is 12.9. The van der Waals surface area contributed by atoms with Crippen molar-refractivity contribution < 1.29 is 19.1 Å². The van der Waals surface area contributed by atoms with E-state index in [1.165, 1.54) is 13.2 Å². The Hall–Kier alpha value is -3.83. The van der Waals surface area contributed by atoms with E-state index in [1.54, 1.807) is 48.5 Å². The molecule has 1 N–H and O–H groups in total. The first kappa shape index (κ1) is 22.8. The Morgan fingerprint density at radius 2 is 1.84 bits per heavy atom. The van der Waals surface area contributed by atoms with E-state index in [0.29, 0.717) is 35.8 Å². The fourth-order valence-electron chi connectivity index (χ4n) is 3.27. The Labute approximate surface area is 187 Å². The zero-order valence-corrected chi connectivity index (χ0v) is 18.2. The Morgan fingerprint density at radius 1 is 1.12 bits per heavy atom. The highest BCUT2D eigenvalue weighted by molar-refractivity contribution is 6.04. The molecule has 3 rings (SSSR count). The summed E-state index contributed by atoms with van der Waals surface area (Å²) >= 11 is 0. The van der Waals surface area contributed by atoms with Gasteiger partial charge in [-0.3, -0.25) is 9.59 Å². The lowest BCUT2D eigenvalue weighted by molar-refractivity contribution is -0.111. The number of amides is 2. The van der Waals surface area contributed by atoms with Gasteiger partial charge in [0.2, 0.25) is 5.91 Å². The monoisotopic (exact) mass is 434 g/mol. The van der Waals surface area contributed by atoms with Crippen molar-refractivity contribution in [3.8, 4) is 17.6 Å². The lowest BCUT2D eigenvalue weighted by Gasteiger charge is -2.32. The van der Waals surface area contributed by atoms with Gasteiger partial charge in [-0.25, -0.2) is 0 Å². The van der Waals surface area contributed by atoms with Gasteiger partial charge in [-0.15, -0.1) is 0 Å². The number of nitrogens with zero attached hydrogens (tertiary/aromatic N) is 3. The van der Waals surface area contributed by atoms with E-state index in [9.17, 15) is 9.59 Å².